The molecule has 4 aromatic rings. The molecule has 0 saturated carbocycles. The van der Waals surface area contributed by atoms with Crippen LogP contribution in [0.15, 0.2) is 114 Å². The lowest BCUT2D eigenvalue weighted by molar-refractivity contribution is -0.384. The number of non-ortho nitro benzene ring substituents is 1. The van der Waals surface area contributed by atoms with Crippen LogP contribution >= 0.6 is 7.05 Å². The highest BCUT2D eigenvalue weighted by molar-refractivity contribution is 7.87. The molecule has 0 aliphatic heterocycles. The van der Waals surface area contributed by atoms with Crippen molar-refractivity contribution in [2.75, 3.05) is 0 Å². The molecule has 0 radical (unpaired) electrons. The zero-order valence-corrected chi connectivity index (χ0v) is 17.4. The molecule has 0 aliphatic carbocycles. The predicted molar refractivity (Wildman–Crippen MR) is 125 cm³/mol. The van der Waals surface area contributed by atoms with Crippen LogP contribution < -0.4 is 15.9 Å². The van der Waals surface area contributed by atoms with Gasteiger partial charge in [-0.3, -0.25) is 14.9 Å². The predicted octanol–water partition coefficient (Wildman–Crippen LogP) is 5.28. The standard InChI is InChI=1S/C25H18N3O2P/c26-19-20-18-21(28(29)30)16-17-25(20)27-31(22-10-4-1-5-11-22,23-12-6-2-7-13-23)24-14-8-3-9-15-24/h1-18H. The van der Waals surface area contributed by atoms with E-state index in [1.807, 2.05) is 54.6 Å². The lowest BCUT2D eigenvalue weighted by Crippen LogP contribution is -2.25. The van der Waals surface area contributed by atoms with Gasteiger partial charge in [-0.1, -0.05) is 91.0 Å². The van der Waals surface area contributed by atoms with Gasteiger partial charge in [-0.2, -0.15) is 5.26 Å². The molecule has 150 valence electrons. The molecule has 0 fully saturated rings. The largest absolute Gasteiger partial charge is 0.270 e. The Hall–Kier alpha value is -4.00. The zero-order valence-electron chi connectivity index (χ0n) is 16.5. The second-order valence-electron chi connectivity index (χ2n) is 6.81. The van der Waals surface area contributed by atoms with Gasteiger partial charge in [0.2, 0.25) is 0 Å². The van der Waals surface area contributed by atoms with Gasteiger partial charge in [-0.05, 0) is 6.07 Å². The topological polar surface area (TPSA) is 79.3 Å². The molecular weight excluding hydrogens is 405 g/mol. The van der Waals surface area contributed by atoms with Crippen molar-refractivity contribution >= 4 is 34.3 Å². The molecule has 6 heteroatoms. The Morgan fingerprint density at radius 3 is 1.58 bits per heavy atom. The van der Waals surface area contributed by atoms with Crippen LogP contribution in [0.4, 0.5) is 11.4 Å². The maximum Gasteiger partial charge on any atom is 0.270 e. The number of nitrogens with zero attached hydrogens (tertiary/aromatic N) is 3. The molecule has 0 atom stereocenters. The molecule has 4 rings (SSSR count). The second kappa shape index (κ2) is 8.79. The molecule has 0 bridgehead atoms. The lowest BCUT2D eigenvalue weighted by Gasteiger charge is -2.27. The summed E-state index contributed by atoms with van der Waals surface area (Å²) in [4.78, 5) is 10.7. The van der Waals surface area contributed by atoms with Crippen molar-refractivity contribution in [2.24, 2.45) is 4.74 Å². The van der Waals surface area contributed by atoms with E-state index in [2.05, 4.69) is 42.5 Å². The van der Waals surface area contributed by atoms with E-state index < -0.39 is 12.0 Å². The minimum Gasteiger partial charge on any atom is -0.258 e. The summed E-state index contributed by atoms with van der Waals surface area (Å²) in [5, 5.41) is 24.0. The number of benzene rings is 4. The third kappa shape index (κ3) is 3.90. The van der Waals surface area contributed by atoms with E-state index in [1.165, 1.54) is 12.1 Å². The number of nitro benzene ring substituents is 1. The lowest BCUT2D eigenvalue weighted by atomic mass is 10.2. The highest BCUT2D eigenvalue weighted by Gasteiger charge is 2.28. The fourth-order valence-electron chi connectivity index (χ4n) is 3.53. The summed E-state index contributed by atoms with van der Waals surface area (Å²) < 4.78 is 5.24. The summed E-state index contributed by atoms with van der Waals surface area (Å²) in [5.41, 5.74) is 0.498. The van der Waals surface area contributed by atoms with Crippen LogP contribution in [0.5, 0.6) is 0 Å². The van der Waals surface area contributed by atoms with Crippen molar-refractivity contribution < 1.29 is 4.92 Å². The van der Waals surface area contributed by atoms with Crippen LogP contribution in [0.3, 0.4) is 0 Å². The summed E-state index contributed by atoms with van der Waals surface area (Å²) >= 11 is 0. The highest BCUT2D eigenvalue weighted by Crippen LogP contribution is 2.49. The van der Waals surface area contributed by atoms with Crippen molar-refractivity contribution in [3.8, 4) is 6.07 Å². The van der Waals surface area contributed by atoms with Crippen LogP contribution in [0.1, 0.15) is 5.56 Å². The monoisotopic (exact) mass is 423 g/mol. The fourth-order valence-corrected chi connectivity index (χ4v) is 7.08. The number of nitro groups is 1. The average Bonchev–Trinajstić information content (AvgIpc) is 2.84. The van der Waals surface area contributed by atoms with E-state index in [0.29, 0.717) is 5.69 Å². The van der Waals surface area contributed by atoms with Crippen LogP contribution in [-0.2, 0) is 0 Å². The molecule has 0 aromatic heterocycles. The average molecular weight is 423 g/mol. The third-order valence-electron chi connectivity index (χ3n) is 4.96. The molecule has 4 aromatic carbocycles. The van der Waals surface area contributed by atoms with Gasteiger partial charge in [-0.25, -0.2) is 0 Å². The van der Waals surface area contributed by atoms with Gasteiger partial charge in [-0.15, -0.1) is 0 Å². The quantitative estimate of drug-likeness (QED) is 0.249. The smallest absolute Gasteiger partial charge is 0.258 e. The van der Waals surface area contributed by atoms with Crippen molar-refractivity contribution in [1.82, 2.24) is 0 Å². The summed E-state index contributed by atoms with van der Waals surface area (Å²) in [5.74, 6) is 0. The Labute approximate surface area is 180 Å². The molecule has 31 heavy (non-hydrogen) atoms. The maximum atomic E-state index is 11.2. The molecule has 0 N–H and O–H groups in total. The summed E-state index contributed by atoms with van der Waals surface area (Å²) in [6, 6.07) is 36.4. The van der Waals surface area contributed by atoms with E-state index in [-0.39, 0.29) is 11.3 Å². The van der Waals surface area contributed by atoms with Crippen molar-refractivity contribution in [1.29, 1.82) is 5.26 Å². The van der Waals surface area contributed by atoms with Crippen molar-refractivity contribution in [2.45, 2.75) is 0 Å². The van der Waals surface area contributed by atoms with Gasteiger partial charge in [0.1, 0.15) is 6.07 Å². The number of rotatable bonds is 5. The Morgan fingerprint density at radius 1 is 0.742 bits per heavy atom. The maximum absolute atomic E-state index is 11.2. The van der Waals surface area contributed by atoms with Crippen LogP contribution in [0.2, 0.25) is 0 Å². The molecule has 0 aliphatic rings. The van der Waals surface area contributed by atoms with Crippen LogP contribution in [0.25, 0.3) is 0 Å². The molecule has 5 nitrogen and oxygen atoms in total. The number of hydrogen-bond acceptors (Lipinski definition) is 4. The van der Waals surface area contributed by atoms with E-state index in [1.54, 1.807) is 6.07 Å². The van der Waals surface area contributed by atoms with Crippen LogP contribution in [0, 0.1) is 21.4 Å². The van der Waals surface area contributed by atoms with Gasteiger partial charge >= 0.3 is 0 Å². The first-order valence-corrected chi connectivity index (χ1v) is 11.4. The van der Waals surface area contributed by atoms with Gasteiger partial charge in [0.15, 0.2) is 0 Å². The minimum absolute atomic E-state index is 0.126. The normalized spacial score (nSPS) is 10.8. The number of hydrogen-bond donors (Lipinski definition) is 0. The molecule has 0 amide bonds. The van der Waals surface area contributed by atoms with Gasteiger partial charge in [0.25, 0.3) is 5.69 Å². The van der Waals surface area contributed by atoms with Gasteiger partial charge in [0, 0.05) is 28.0 Å². The first-order valence-electron chi connectivity index (χ1n) is 9.63. The SMILES string of the molecule is N#Cc1cc([N+](=O)[O-])ccc1N=P(c1ccccc1)(c1ccccc1)c1ccccc1. The van der Waals surface area contributed by atoms with E-state index >= 15 is 0 Å². The molecule has 0 saturated heterocycles. The molecule has 0 unspecified atom stereocenters. The van der Waals surface area contributed by atoms with Crippen LogP contribution in [-0.4, -0.2) is 4.92 Å². The number of nitriles is 1. The third-order valence-corrected chi connectivity index (χ3v) is 8.61. The Bertz CT molecular complexity index is 1210. The zero-order chi connectivity index (χ0) is 21.7. The van der Waals surface area contributed by atoms with E-state index in [4.69, 9.17) is 4.74 Å². The molecule has 0 heterocycles. The minimum atomic E-state index is -2.55. The molecular formula is C25H18N3O2P. The summed E-state index contributed by atoms with van der Waals surface area (Å²) in [6.07, 6.45) is 0. The Morgan fingerprint density at radius 2 is 1.19 bits per heavy atom. The van der Waals surface area contributed by atoms with E-state index in [9.17, 15) is 15.4 Å². The van der Waals surface area contributed by atoms with Gasteiger partial charge < -0.3 is 0 Å². The molecule has 0 spiro atoms. The van der Waals surface area contributed by atoms with E-state index in [0.717, 1.165) is 15.9 Å². The first-order chi connectivity index (χ1) is 15.1. The Balaban J connectivity index is 2.14. The summed E-state index contributed by atoms with van der Waals surface area (Å²) in [6.45, 7) is 0. The van der Waals surface area contributed by atoms with Crippen molar-refractivity contribution in [3.05, 3.63) is 125 Å². The highest BCUT2D eigenvalue weighted by atomic mass is 31.2. The summed E-state index contributed by atoms with van der Waals surface area (Å²) in [7, 11) is -2.55. The Kier molecular flexibility index (Phi) is 5.75. The van der Waals surface area contributed by atoms with Crippen molar-refractivity contribution in [3.63, 3.8) is 0 Å². The van der Waals surface area contributed by atoms with Gasteiger partial charge in [0.05, 0.1) is 23.2 Å². The fraction of sp³-hybridized carbons (Fsp3) is 0. The first kappa shape index (κ1) is 20.3. The second-order valence-corrected chi connectivity index (χ2v) is 9.83.